The zero-order valence-corrected chi connectivity index (χ0v) is 15.6. The maximum Gasteiger partial charge on any atom is 0.346 e. The molecular formula is C18H22N2O7. The number of urea groups is 1. The summed E-state index contributed by atoms with van der Waals surface area (Å²) in [6, 6.07) is 3.77. The first-order chi connectivity index (χ1) is 12.9. The fraction of sp³-hybridized carbons (Fsp3) is 0.389. The van der Waals surface area contributed by atoms with Crippen LogP contribution in [0.2, 0.25) is 0 Å². The summed E-state index contributed by atoms with van der Waals surface area (Å²) in [6.45, 7) is 3.15. The predicted octanol–water partition coefficient (Wildman–Crippen LogP) is 1.38. The van der Waals surface area contributed by atoms with E-state index in [1.165, 1.54) is 14.2 Å². The Morgan fingerprint density at radius 1 is 1.07 bits per heavy atom. The third-order valence-electron chi connectivity index (χ3n) is 3.85. The number of carbonyl (C=O) groups is 3. The van der Waals surface area contributed by atoms with Gasteiger partial charge in [0, 0.05) is 0 Å². The van der Waals surface area contributed by atoms with Crippen LogP contribution in [0.3, 0.4) is 0 Å². The Balaban J connectivity index is 2.27. The van der Waals surface area contributed by atoms with Crippen molar-refractivity contribution in [1.82, 2.24) is 10.6 Å². The predicted molar refractivity (Wildman–Crippen MR) is 94.6 cm³/mol. The topological polar surface area (TPSA) is 112 Å². The van der Waals surface area contributed by atoms with Crippen LogP contribution in [0.1, 0.15) is 24.2 Å². The molecule has 1 aliphatic heterocycles. The first kappa shape index (κ1) is 20.1. The molecule has 0 saturated carbocycles. The molecule has 27 heavy (non-hydrogen) atoms. The van der Waals surface area contributed by atoms with Crippen molar-refractivity contribution in [2.75, 3.05) is 27.4 Å². The van der Waals surface area contributed by atoms with Crippen molar-refractivity contribution in [3.63, 3.8) is 0 Å². The highest BCUT2D eigenvalue weighted by Gasteiger charge is 2.31. The second kappa shape index (κ2) is 8.93. The van der Waals surface area contributed by atoms with Crippen molar-refractivity contribution in [3.05, 3.63) is 35.0 Å². The van der Waals surface area contributed by atoms with Crippen LogP contribution in [-0.2, 0) is 14.3 Å². The first-order valence-corrected chi connectivity index (χ1v) is 8.28. The Morgan fingerprint density at radius 3 is 2.26 bits per heavy atom. The molecule has 1 atom stereocenters. The fourth-order valence-corrected chi connectivity index (χ4v) is 2.66. The zero-order valence-electron chi connectivity index (χ0n) is 15.6. The van der Waals surface area contributed by atoms with E-state index in [0.29, 0.717) is 0 Å². The average Bonchev–Trinajstić information content (AvgIpc) is 2.64. The molecule has 146 valence electrons. The standard InChI is InChI=1S/C18H22N2O7/c1-5-26-16(21)14-10(2)19-18(23)20-11(14)9-27-17(22)15-12(24-3)7-6-8-13(15)25-4/h6-8,10H,5,9H2,1-4H3,(H2,19,20,23)/t10-/m1/s1. The summed E-state index contributed by atoms with van der Waals surface area (Å²) in [5.41, 5.74) is 0.456. The van der Waals surface area contributed by atoms with Gasteiger partial charge in [0.2, 0.25) is 0 Å². The van der Waals surface area contributed by atoms with Crippen molar-refractivity contribution in [3.8, 4) is 11.5 Å². The largest absolute Gasteiger partial charge is 0.496 e. The van der Waals surface area contributed by atoms with Crippen molar-refractivity contribution in [2.45, 2.75) is 19.9 Å². The number of amides is 2. The van der Waals surface area contributed by atoms with Gasteiger partial charge in [0.05, 0.1) is 38.1 Å². The van der Waals surface area contributed by atoms with Gasteiger partial charge in [0.1, 0.15) is 23.7 Å². The lowest BCUT2D eigenvalue weighted by Crippen LogP contribution is -2.50. The lowest BCUT2D eigenvalue weighted by atomic mass is 10.0. The van der Waals surface area contributed by atoms with Crippen LogP contribution in [0.5, 0.6) is 11.5 Å². The van der Waals surface area contributed by atoms with E-state index < -0.39 is 24.0 Å². The number of ether oxygens (including phenoxy) is 4. The van der Waals surface area contributed by atoms with Gasteiger partial charge in [-0.2, -0.15) is 0 Å². The van der Waals surface area contributed by atoms with Gasteiger partial charge in [0.15, 0.2) is 0 Å². The second-order valence-corrected chi connectivity index (χ2v) is 5.55. The monoisotopic (exact) mass is 378 g/mol. The van der Waals surface area contributed by atoms with Gasteiger partial charge in [-0.05, 0) is 26.0 Å². The van der Waals surface area contributed by atoms with Crippen LogP contribution in [-0.4, -0.2) is 51.4 Å². The molecule has 2 N–H and O–H groups in total. The number of hydrogen-bond donors (Lipinski definition) is 2. The summed E-state index contributed by atoms with van der Waals surface area (Å²) < 4.78 is 20.7. The minimum Gasteiger partial charge on any atom is -0.496 e. The highest BCUT2D eigenvalue weighted by atomic mass is 16.5. The van der Waals surface area contributed by atoms with Gasteiger partial charge in [-0.1, -0.05) is 6.07 Å². The van der Waals surface area contributed by atoms with Crippen molar-refractivity contribution in [1.29, 1.82) is 0 Å². The summed E-state index contributed by atoms with van der Waals surface area (Å²) in [4.78, 5) is 36.5. The summed E-state index contributed by atoms with van der Waals surface area (Å²) in [6.07, 6.45) is 0. The molecule has 1 aromatic rings. The summed E-state index contributed by atoms with van der Waals surface area (Å²) in [5, 5.41) is 5.05. The molecule has 9 heteroatoms. The second-order valence-electron chi connectivity index (χ2n) is 5.55. The molecule has 2 amide bonds. The van der Waals surface area contributed by atoms with Crippen molar-refractivity contribution < 1.29 is 33.3 Å². The van der Waals surface area contributed by atoms with Crippen LogP contribution >= 0.6 is 0 Å². The van der Waals surface area contributed by atoms with E-state index in [2.05, 4.69) is 10.6 Å². The molecule has 0 aromatic heterocycles. The summed E-state index contributed by atoms with van der Waals surface area (Å²) in [7, 11) is 2.84. The highest BCUT2D eigenvalue weighted by Crippen LogP contribution is 2.29. The third kappa shape index (κ3) is 4.49. The number of hydrogen-bond acceptors (Lipinski definition) is 7. The molecule has 0 saturated heterocycles. The Hall–Kier alpha value is -3.23. The Kier molecular flexibility index (Phi) is 6.64. The molecule has 1 aliphatic rings. The fourth-order valence-electron chi connectivity index (χ4n) is 2.66. The summed E-state index contributed by atoms with van der Waals surface area (Å²) in [5.74, 6) is -0.762. The number of nitrogens with one attached hydrogen (secondary N) is 2. The van der Waals surface area contributed by atoms with Crippen molar-refractivity contribution >= 4 is 18.0 Å². The Bertz CT molecular complexity index is 751. The average molecular weight is 378 g/mol. The van der Waals surface area contributed by atoms with E-state index in [0.717, 1.165) is 0 Å². The summed E-state index contributed by atoms with van der Waals surface area (Å²) >= 11 is 0. The number of rotatable bonds is 7. The van der Waals surface area contributed by atoms with E-state index in [1.807, 2.05) is 0 Å². The SMILES string of the molecule is CCOC(=O)C1=C(COC(=O)c2c(OC)cccc2OC)NC(=O)N[C@@H]1C. The molecule has 0 aliphatic carbocycles. The Labute approximate surface area is 156 Å². The molecule has 0 bridgehead atoms. The van der Waals surface area contributed by atoms with Crippen LogP contribution in [0.15, 0.2) is 29.5 Å². The molecule has 1 aromatic carbocycles. The minimum atomic E-state index is -0.722. The maximum atomic E-state index is 12.6. The van der Waals surface area contributed by atoms with Gasteiger partial charge >= 0.3 is 18.0 Å². The third-order valence-corrected chi connectivity index (χ3v) is 3.85. The molecule has 0 unspecified atom stereocenters. The van der Waals surface area contributed by atoms with E-state index in [1.54, 1.807) is 32.0 Å². The van der Waals surface area contributed by atoms with Gasteiger partial charge in [-0.15, -0.1) is 0 Å². The minimum absolute atomic E-state index is 0.106. The first-order valence-electron chi connectivity index (χ1n) is 8.28. The van der Waals surface area contributed by atoms with Crippen LogP contribution in [0.4, 0.5) is 4.79 Å². The maximum absolute atomic E-state index is 12.6. The van der Waals surface area contributed by atoms with Crippen LogP contribution in [0, 0.1) is 0 Å². The van der Waals surface area contributed by atoms with E-state index in [9.17, 15) is 14.4 Å². The molecule has 0 fully saturated rings. The quantitative estimate of drug-likeness (QED) is 0.689. The Morgan fingerprint density at radius 2 is 1.70 bits per heavy atom. The molecule has 1 heterocycles. The van der Waals surface area contributed by atoms with Gasteiger partial charge in [0.25, 0.3) is 0 Å². The van der Waals surface area contributed by atoms with Gasteiger partial charge < -0.3 is 29.6 Å². The van der Waals surface area contributed by atoms with Gasteiger partial charge in [-0.3, -0.25) is 0 Å². The van der Waals surface area contributed by atoms with Crippen LogP contribution in [0.25, 0.3) is 0 Å². The smallest absolute Gasteiger partial charge is 0.346 e. The molecule has 0 spiro atoms. The number of methoxy groups -OCH3 is 2. The van der Waals surface area contributed by atoms with E-state index >= 15 is 0 Å². The molecular weight excluding hydrogens is 356 g/mol. The number of esters is 2. The molecule has 2 rings (SSSR count). The van der Waals surface area contributed by atoms with E-state index in [-0.39, 0.29) is 41.5 Å². The molecule has 0 radical (unpaired) electrons. The lowest BCUT2D eigenvalue weighted by molar-refractivity contribution is -0.139. The van der Waals surface area contributed by atoms with Gasteiger partial charge in [-0.25, -0.2) is 14.4 Å². The zero-order chi connectivity index (χ0) is 20.0. The lowest BCUT2D eigenvalue weighted by Gasteiger charge is -2.26. The normalized spacial score (nSPS) is 16.1. The molecule has 9 nitrogen and oxygen atoms in total. The number of benzene rings is 1. The highest BCUT2D eigenvalue weighted by molar-refractivity contribution is 5.97. The van der Waals surface area contributed by atoms with Crippen LogP contribution < -0.4 is 20.1 Å². The van der Waals surface area contributed by atoms with Crippen molar-refractivity contribution in [2.24, 2.45) is 0 Å². The number of carbonyl (C=O) groups excluding carboxylic acids is 3. The van der Waals surface area contributed by atoms with E-state index in [4.69, 9.17) is 18.9 Å².